The van der Waals surface area contributed by atoms with Crippen LogP contribution in [-0.2, 0) is 9.59 Å². The highest BCUT2D eigenvalue weighted by Crippen LogP contribution is 2.18. The van der Waals surface area contributed by atoms with E-state index in [4.69, 9.17) is 10.5 Å². The predicted molar refractivity (Wildman–Crippen MR) is 97.2 cm³/mol. The second-order valence-electron chi connectivity index (χ2n) is 5.87. The Kier molecular flexibility index (Phi) is 6.54. The first kappa shape index (κ1) is 18.5. The summed E-state index contributed by atoms with van der Waals surface area (Å²) in [7, 11) is 3.34. The summed E-state index contributed by atoms with van der Waals surface area (Å²) >= 11 is 0. The van der Waals surface area contributed by atoms with Crippen LogP contribution in [0.25, 0.3) is 0 Å². The Bertz CT molecular complexity index is 700. The Morgan fingerprint density at radius 2 is 1.72 bits per heavy atom. The highest BCUT2D eigenvalue weighted by molar-refractivity contribution is 5.91. The van der Waals surface area contributed by atoms with Crippen molar-refractivity contribution in [2.75, 3.05) is 26.0 Å². The molecular weight excluding hydrogens is 318 g/mol. The largest absolute Gasteiger partial charge is 0.484 e. The molecule has 2 aromatic carbocycles. The van der Waals surface area contributed by atoms with Crippen molar-refractivity contribution >= 4 is 17.5 Å². The number of nitrogens with one attached hydrogen (secondary N) is 1. The van der Waals surface area contributed by atoms with Crippen molar-refractivity contribution < 1.29 is 14.3 Å². The van der Waals surface area contributed by atoms with E-state index in [9.17, 15) is 9.59 Å². The van der Waals surface area contributed by atoms with E-state index in [-0.39, 0.29) is 30.9 Å². The van der Waals surface area contributed by atoms with Crippen molar-refractivity contribution in [3.8, 4) is 5.75 Å². The van der Waals surface area contributed by atoms with Crippen LogP contribution in [0.5, 0.6) is 5.75 Å². The molecule has 6 heteroatoms. The maximum Gasteiger partial charge on any atom is 0.259 e. The van der Waals surface area contributed by atoms with Crippen LogP contribution in [0, 0.1) is 0 Å². The summed E-state index contributed by atoms with van der Waals surface area (Å²) in [5.41, 5.74) is 7.62. The number of ether oxygens (including phenoxy) is 1. The number of benzene rings is 2. The summed E-state index contributed by atoms with van der Waals surface area (Å²) in [6.07, 6.45) is 0.194. The minimum Gasteiger partial charge on any atom is -0.484 e. The van der Waals surface area contributed by atoms with Crippen molar-refractivity contribution in [2.45, 2.75) is 12.5 Å². The number of carbonyl (C=O) groups excluding carboxylic acids is 2. The monoisotopic (exact) mass is 341 g/mol. The van der Waals surface area contributed by atoms with Gasteiger partial charge in [-0.05, 0) is 29.8 Å². The third kappa shape index (κ3) is 5.93. The third-order valence-electron chi connectivity index (χ3n) is 3.63. The van der Waals surface area contributed by atoms with Gasteiger partial charge in [-0.3, -0.25) is 9.59 Å². The second-order valence-corrected chi connectivity index (χ2v) is 5.87. The maximum absolute atomic E-state index is 12.1. The van der Waals surface area contributed by atoms with Gasteiger partial charge in [0.25, 0.3) is 5.91 Å². The molecule has 1 atom stereocenters. The fraction of sp³-hybridized carbons (Fsp3) is 0.263. The average Bonchev–Trinajstić information content (AvgIpc) is 2.61. The molecule has 0 bridgehead atoms. The summed E-state index contributed by atoms with van der Waals surface area (Å²) in [6, 6.07) is 16.0. The van der Waals surface area contributed by atoms with E-state index in [1.165, 1.54) is 4.90 Å². The molecule has 0 saturated carbocycles. The second kappa shape index (κ2) is 8.84. The topological polar surface area (TPSA) is 84.7 Å². The van der Waals surface area contributed by atoms with Crippen LogP contribution in [-0.4, -0.2) is 37.4 Å². The Balaban J connectivity index is 1.84. The van der Waals surface area contributed by atoms with Gasteiger partial charge in [0.2, 0.25) is 5.91 Å². The van der Waals surface area contributed by atoms with Crippen molar-refractivity contribution in [1.82, 2.24) is 4.90 Å². The molecule has 132 valence electrons. The molecule has 0 saturated heterocycles. The first-order valence-corrected chi connectivity index (χ1v) is 7.99. The van der Waals surface area contributed by atoms with Crippen LogP contribution in [0.3, 0.4) is 0 Å². The summed E-state index contributed by atoms with van der Waals surface area (Å²) in [5, 5.41) is 2.80. The zero-order valence-corrected chi connectivity index (χ0v) is 14.4. The highest BCUT2D eigenvalue weighted by Gasteiger charge is 2.11. The molecule has 0 radical (unpaired) electrons. The third-order valence-corrected chi connectivity index (χ3v) is 3.63. The SMILES string of the molecule is CN(C)C(=O)COc1ccc(NC(=O)CC(N)c2ccccc2)cc1. The van der Waals surface area contributed by atoms with Crippen LogP contribution in [0.1, 0.15) is 18.0 Å². The van der Waals surface area contributed by atoms with Gasteiger partial charge in [0, 0.05) is 32.2 Å². The molecule has 0 aliphatic heterocycles. The normalized spacial score (nSPS) is 11.5. The Morgan fingerprint density at radius 3 is 2.32 bits per heavy atom. The van der Waals surface area contributed by atoms with Gasteiger partial charge in [0.1, 0.15) is 5.75 Å². The smallest absolute Gasteiger partial charge is 0.259 e. The standard InChI is InChI=1S/C19H23N3O3/c1-22(2)19(24)13-25-16-10-8-15(9-11-16)21-18(23)12-17(20)14-6-4-3-5-7-14/h3-11,17H,12-13,20H2,1-2H3,(H,21,23). The number of likely N-dealkylation sites (N-methyl/N-ethyl adjacent to an activating group) is 1. The van der Waals surface area contributed by atoms with Crippen LogP contribution in [0.4, 0.5) is 5.69 Å². The maximum atomic E-state index is 12.1. The van der Waals surface area contributed by atoms with Gasteiger partial charge in [0.05, 0.1) is 0 Å². The lowest BCUT2D eigenvalue weighted by Crippen LogP contribution is -2.27. The number of hydrogen-bond acceptors (Lipinski definition) is 4. The lowest BCUT2D eigenvalue weighted by molar-refractivity contribution is -0.130. The molecule has 2 aromatic rings. The lowest BCUT2D eigenvalue weighted by Gasteiger charge is -2.13. The molecule has 0 spiro atoms. The predicted octanol–water partition coefficient (Wildman–Crippen LogP) is 2.18. The minimum atomic E-state index is -0.346. The van der Waals surface area contributed by atoms with Gasteiger partial charge in [0.15, 0.2) is 6.61 Å². The number of nitrogens with zero attached hydrogens (tertiary/aromatic N) is 1. The zero-order chi connectivity index (χ0) is 18.2. The van der Waals surface area contributed by atoms with Gasteiger partial charge in [-0.2, -0.15) is 0 Å². The van der Waals surface area contributed by atoms with Crippen LogP contribution in [0.15, 0.2) is 54.6 Å². The molecule has 0 aromatic heterocycles. The Labute approximate surface area is 147 Å². The molecule has 0 fully saturated rings. The van der Waals surface area contributed by atoms with E-state index >= 15 is 0 Å². The van der Waals surface area contributed by atoms with E-state index < -0.39 is 0 Å². The molecular formula is C19H23N3O3. The minimum absolute atomic E-state index is 0.0232. The van der Waals surface area contributed by atoms with E-state index in [0.29, 0.717) is 11.4 Å². The number of anilines is 1. The van der Waals surface area contributed by atoms with E-state index in [1.807, 2.05) is 30.3 Å². The molecule has 25 heavy (non-hydrogen) atoms. The van der Waals surface area contributed by atoms with Crippen molar-refractivity contribution in [2.24, 2.45) is 5.73 Å². The zero-order valence-electron chi connectivity index (χ0n) is 14.4. The first-order valence-electron chi connectivity index (χ1n) is 7.99. The molecule has 2 amide bonds. The quantitative estimate of drug-likeness (QED) is 0.808. The number of nitrogens with two attached hydrogens (primary N) is 1. The highest BCUT2D eigenvalue weighted by atomic mass is 16.5. The van der Waals surface area contributed by atoms with Crippen molar-refractivity contribution in [3.05, 3.63) is 60.2 Å². The van der Waals surface area contributed by atoms with Crippen LogP contribution in [0.2, 0.25) is 0 Å². The molecule has 0 aliphatic carbocycles. The lowest BCUT2D eigenvalue weighted by atomic mass is 10.0. The number of hydrogen-bond donors (Lipinski definition) is 2. The summed E-state index contributed by atoms with van der Waals surface area (Å²) < 4.78 is 5.39. The van der Waals surface area contributed by atoms with Crippen LogP contribution >= 0.6 is 0 Å². The van der Waals surface area contributed by atoms with Crippen LogP contribution < -0.4 is 15.8 Å². The molecule has 1 unspecified atom stereocenters. The van der Waals surface area contributed by atoms with E-state index in [0.717, 1.165) is 5.56 Å². The van der Waals surface area contributed by atoms with Gasteiger partial charge in [-0.25, -0.2) is 0 Å². The Hall–Kier alpha value is -2.86. The first-order chi connectivity index (χ1) is 12.0. The fourth-order valence-electron chi connectivity index (χ4n) is 2.14. The molecule has 0 heterocycles. The van der Waals surface area contributed by atoms with E-state index in [2.05, 4.69) is 5.32 Å². The number of carbonyl (C=O) groups is 2. The van der Waals surface area contributed by atoms with Gasteiger partial charge < -0.3 is 20.7 Å². The van der Waals surface area contributed by atoms with Crippen molar-refractivity contribution in [1.29, 1.82) is 0 Å². The fourth-order valence-corrected chi connectivity index (χ4v) is 2.14. The molecule has 3 N–H and O–H groups in total. The van der Waals surface area contributed by atoms with Crippen molar-refractivity contribution in [3.63, 3.8) is 0 Å². The van der Waals surface area contributed by atoms with Gasteiger partial charge in [-0.1, -0.05) is 30.3 Å². The number of amides is 2. The summed E-state index contributed by atoms with van der Waals surface area (Å²) in [6.45, 7) is -0.0232. The Morgan fingerprint density at radius 1 is 1.08 bits per heavy atom. The van der Waals surface area contributed by atoms with E-state index in [1.54, 1.807) is 38.4 Å². The van der Waals surface area contributed by atoms with Gasteiger partial charge in [-0.15, -0.1) is 0 Å². The average molecular weight is 341 g/mol. The summed E-state index contributed by atoms with van der Waals surface area (Å²) in [4.78, 5) is 25.0. The van der Waals surface area contributed by atoms with Gasteiger partial charge >= 0.3 is 0 Å². The molecule has 6 nitrogen and oxygen atoms in total. The molecule has 0 aliphatic rings. The molecule has 2 rings (SSSR count). The summed E-state index contributed by atoms with van der Waals surface area (Å²) in [5.74, 6) is 0.286. The number of rotatable bonds is 7.